The standard InChI is InChI=1S/C14H22N2OS2/c1-4-6-10(11-7-5-8-19-11)16-14(17)12(9(2)3)13(15)18/h5,7-10,12H,4,6H2,1-3H3,(H2,15,18)(H,16,17). The number of carbonyl (C=O) groups excluding carboxylic acids is 1. The number of thiophene rings is 1. The van der Waals surface area contributed by atoms with E-state index in [4.69, 9.17) is 18.0 Å². The molecular formula is C14H22N2OS2. The summed E-state index contributed by atoms with van der Waals surface area (Å²) in [6.07, 6.45) is 1.94. The quantitative estimate of drug-likeness (QED) is 0.760. The summed E-state index contributed by atoms with van der Waals surface area (Å²) in [5.74, 6) is -0.341. The predicted octanol–water partition coefficient (Wildman–Crippen LogP) is 3.26. The molecule has 0 bridgehead atoms. The van der Waals surface area contributed by atoms with Crippen LogP contribution in [0, 0.1) is 11.8 Å². The van der Waals surface area contributed by atoms with Crippen molar-refractivity contribution in [1.82, 2.24) is 5.32 Å². The molecule has 0 spiro atoms. The third-order valence-electron chi connectivity index (χ3n) is 3.04. The number of amides is 1. The largest absolute Gasteiger partial charge is 0.393 e. The Balaban J connectivity index is 2.79. The average molecular weight is 298 g/mol. The van der Waals surface area contributed by atoms with Crippen LogP contribution in [0.5, 0.6) is 0 Å². The minimum absolute atomic E-state index is 0.0608. The number of carbonyl (C=O) groups is 1. The van der Waals surface area contributed by atoms with Gasteiger partial charge in [-0.15, -0.1) is 11.3 Å². The van der Waals surface area contributed by atoms with E-state index in [0.29, 0.717) is 0 Å². The molecule has 1 aromatic heterocycles. The van der Waals surface area contributed by atoms with Crippen molar-refractivity contribution in [2.45, 2.75) is 39.7 Å². The maximum Gasteiger partial charge on any atom is 0.230 e. The van der Waals surface area contributed by atoms with Gasteiger partial charge in [-0.3, -0.25) is 4.79 Å². The third kappa shape index (κ3) is 4.58. The zero-order valence-electron chi connectivity index (χ0n) is 11.7. The van der Waals surface area contributed by atoms with Gasteiger partial charge < -0.3 is 11.1 Å². The van der Waals surface area contributed by atoms with E-state index in [9.17, 15) is 4.79 Å². The van der Waals surface area contributed by atoms with Crippen molar-refractivity contribution in [1.29, 1.82) is 0 Å². The van der Waals surface area contributed by atoms with Crippen molar-refractivity contribution in [2.75, 3.05) is 0 Å². The molecule has 2 atom stereocenters. The van der Waals surface area contributed by atoms with Gasteiger partial charge in [0.1, 0.15) is 0 Å². The lowest BCUT2D eigenvalue weighted by atomic mass is 9.94. The highest BCUT2D eigenvalue weighted by Crippen LogP contribution is 2.24. The number of rotatable bonds is 7. The Hall–Kier alpha value is -0.940. The summed E-state index contributed by atoms with van der Waals surface area (Å²) in [7, 11) is 0. The summed E-state index contributed by atoms with van der Waals surface area (Å²) >= 11 is 6.67. The molecule has 0 aliphatic carbocycles. The first-order valence-electron chi connectivity index (χ1n) is 6.60. The highest BCUT2D eigenvalue weighted by atomic mass is 32.1. The number of thiocarbonyl (C=S) groups is 1. The van der Waals surface area contributed by atoms with Crippen molar-refractivity contribution >= 4 is 34.5 Å². The minimum Gasteiger partial charge on any atom is -0.393 e. The molecular weight excluding hydrogens is 276 g/mol. The van der Waals surface area contributed by atoms with Gasteiger partial charge in [-0.1, -0.05) is 45.5 Å². The van der Waals surface area contributed by atoms with Crippen LogP contribution >= 0.6 is 23.6 Å². The molecule has 0 aromatic carbocycles. The molecule has 1 amide bonds. The highest BCUT2D eigenvalue weighted by molar-refractivity contribution is 7.80. The van der Waals surface area contributed by atoms with Gasteiger partial charge in [-0.05, 0) is 23.8 Å². The summed E-state index contributed by atoms with van der Waals surface area (Å²) in [6, 6.07) is 4.12. The Morgan fingerprint density at radius 2 is 2.21 bits per heavy atom. The van der Waals surface area contributed by atoms with Crippen molar-refractivity contribution in [3.05, 3.63) is 22.4 Å². The van der Waals surface area contributed by atoms with Crippen LogP contribution in [0.3, 0.4) is 0 Å². The summed E-state index contributed by atoms with van der Waals surface area (Å²) in [5.41, 5.74) is 5.68. The first-order valence-corrected chi connectivity index (χ1v) is 7.89. The first kappa shape index (κ1) is 16.1. The summed E-state index contributed by atoms with van der Waals surface area (Å²) in [4.78, 5) is 13.8. The first-order chi connectivity index (χ1) is 8.97. The Morgan fingerprint density at radius 1 is 1.53 bits per heavy atom. The van der Waals surface area contributed by atoms with Crippen LogP contribution in [0.4, 0.5) is 0 Å². The number of nitrogens with two attached hydrogens (primary N) is 1. The van der Waals surface area contributed by atoms with Crippen LogP contribution in [0.25, 0.3) is 0 Å². The van der Waals surface area contributed by atoms with E-state index in [1.54, 1.807) is 11.3 Å². The van der Waals surface area contributed by atoms with Crippen LogP contribution in [0.2, 0.25) is 0 Å². The Kier molecular flexibility index (Phi) is 6.45. The second-order valence-electron chi connectivity index (χ2n) is 4.99. The smallest absolute Gasteiger partial charge is 0.230 e. The molecule has 1 rings (SSSR count). The van der Waals surface area contributed by atoms with E-state index in [1.165, 1.54) is 4.88 Å². The van der Waals surface area contributed by atoms with E-state index in [2.05, 4.69) is 18.3 Å². The molecule has 1 heterocycles. The van der Waals surface area contributed by atoms with Gasteiger partial charge in [-0.2, -0.15) is 0 Å². The fourth-order valence-corrected chi connectivity index (χ4v) is 3.28. The SMILES string of the molecule is CCCC(NC(=O)C(C(N)=S)C(C)C)c1cccs1. The molecule has 106 valence electrons. The Bertz CT molecular complexity index is 415. The van der Waals surface area contributed by atoms with Crippen LogP contribution in [0.1, 0.15) is 44.5 Å². The molecule has 3 nitrogen and oxygen atoms in total. The maximum absolute atomic E-state index is 12.3. The number of nitrogens with one attached hydrogen (secondary N) is 1. The topological polar surface area (TPSA) is 55.1 Å². The lowest BCUT2D eigenvalue weighted by molar-refractivity contribution is -0.124. The fraction of sp³-hybridized carbons (Fsp3) is 0.571. The van der Waals surface area contributed by atoms with Gasteiger partial charge in [0.2, 0.25) is 5.91 Å². The second kappa shape index (κ2) is 7.60. The van der Waals surface area contributed by atoms with Gasteiger partial charge in [0.05, 0.1) is 16.9 Å². The molecule has 1 aromatic rings. The van der Waals surface area contributed by atoms with Crippen LogP contribution < -0.4 is 11.1 Å². The van der Waals surface area contributed by atoms with Gasteiger partial charge in [-0.25, -0.2) is 0 Å². The van der Waals surface area contributed by atoms with E-state index in [0.717, 1.165) is 12.8 Å². The molecule has 0 radical (unpaired) electrons. The lowest BCUT2D eigenvalue weighted by Gasteiger charge is -2.23. The average Bonchev–Trinajstić information content (AvgIpc) is 2.80. The Morgan fingerprint density at radius 3 is 2.63 bits per heavy atom. The summed E-state index contributed by atoms with van der Waals surface area (Å²) < 4.78 is 0. The monoisotopic (exact) mass is 298 g/mol. The Labute approximate surface area is 124 Å². The van der Waals surface area contributed by atoms with Gasteiger partial charge in [0.25, 0.3) is 0 Å². The molecule has 0 aliphatic rings. The van der Waals surface area contributed by atoms with Crippen molar-refractivity contribution in [2.24, 2.45) is 17.6 Å². The van der Waals surface area contributed by atoms with Gasteiger partial charge in [0.15, 0.2) is 0 Å². The normalized spacial score (nSPS) is 14.1. The van der Waals surface area contributed by atoms with Gasteiger partial charge in [0, 0.05) is 4.88 Å². The van der Waals surface area contributed by atoms with Crippen LogP contribution in [-0.2, 0) is 4.79 Å². The molecule has 0 saturated carbocycles. The van der Waals surface area contributed by atoms with Crippen LogP contribution in [0.15, 0.2) is 17.5 Å². The van der Waals surface area contributed by atoms with Crippen molar-refractivity contribution in [3.63, 3.8) is 0 Å². The molecule has 5 heteroatoms. The third-order valence-corrected chi connectivity index (χ3v) is 4.28. The van der Waals surface area contributed by atoms with Gasteiger partial charge >= 0.3 is 0 Å². The molecule has 3 N–H and O–H groups in total. The second-order valence-corrected chi connectivity index (χ2v) is 6.44. The van der Waals surface area contributed by atoms with Crippen molar-refractivity contribution in [3.8, 4) is 0 Å². The lowest BCUT2D eigenvalue weighted by Crippen LogP contribution is -2.42. The van der Waals surface area contributed by atoms with E-state index >= 15 is 0 Å². The van der Waals surface area contributed by atoms with Crippen LogP contribution in [-0.4, -0.2) is 10.9 Å². The summed E-state index contributed by atoms with van der Waals surface area (Å²) in [6.45, 7) is 6.03. The fourth-order valence-electron chi connectivity index (χ4n) is 2.09. The highest BCUT2D eigenvalue weighted by Gasteiger charge is 2.27. The maximum atomic E-state index is 12.3. The minimum atomic E-state index is -0.394. The van der Waals surface area contributed by atoms with E-state index < -0.39 is 5.92 Å². The van der Waals surface area contributed by atoms with E-state index in [-0.39, 0.29) is 22.9 Å². The molecule has 19 heavy (non-hydrogen) atoms. The number of hydrogen-bond donors (Lipinski definition) is 2. The zero-order valence-corrected chi connectivity index (χ0v) is 13.3. The van der Waals surface area contributed by atoms with E-state index in [1.807, 2.05) is 25.3 Å². The predicted molar refractivity (Wildman–Crippen MR) is 85.2 cm³/mol. The van der Waals surface area contributed by atoms with Crippen molar-refractivity contribution < 1.29 is 4.79 Å². The molecule has 2 unspecified atom stereocenters. The zero-order chi connectivity index (χ0) is 14.4. The molecule has 0 fully saturated rings. The molecule has 0 saturated heterocycles. The summed E-state index contributed by atoms with van der Waals surface area (Å²) in [5, 5.41) is 5.11. The molecule has 0 aliphatic heterocycles. The number of hydrogen-bond acceptors (Lipinski definition) is 3.